The first kappa shape index (κ1) is 26.5. The minimum absolute atomic E-state index is 0.0586. The lowest BCUT2D eigenvalue weighted by Crippen LogP contribution is -2.44. The molecule has 1 saturated heterocycles. The quantitative estimate of drug-likeness (QED) is 0.340. The van der Waals surface area contributed by atoms with Gasteiger partial charge in [-0.3, -0.25) is 14.0 Å². The van der Waals surface area contributed by atoms with Gasteiger partial charge in [-0.05, 0) is 85.6 Å². The molecule has 1 aliphatic heterocycles. The fourth-order valence-corrected chi connectivity index (χ4v) is 5.56. The molecule has 1 aliphatic rings. The summed E-state index contributed by atoms with van der Waals surface area (Å²) in [7, 11) is 3.89. The maximum absolute atomic E-state index is 13.4. The first-order chi connectivity index (χ1) is 19.8. The highest BCUT2D eigenvalue weighted by atomic mass is 16.1. The highest BCUT2D eigenvalue weighted by Gasteiger charge is 2.16. The van der Waals surface area contributed by atoms with E-state index in [2.05, 4.69) is 27.1 Å². The Morgan fingerprint density at radius 3 is 2.34 bits per heavy atom. The van der Waals surface area contributed by atoms with Crippen molar-refractivity contribution in [2.45, 2.75) is 13.8 Å². The van der Waals surface area contributed by atoms with E-state index in [1.54, 1.807) is 16.0 Å². The molecule has 0 saturated carbocycles. The second kappa shape index (κ2) is 10.7. The topological polar surface area (TPSA) is 74.9 Å². The summed E-state index contributed by atoms with van der Waals surface area (Å²) in [6.45, 7) is 8.03. The average molecular weight is 547 g/mol. The molecule has 208 valence electrons. The lowest BCUT2D eigenvalue weighted by molar-refractivity contribution is 0.313. The van der Waals surface area contributed by atoms with Crippen molar-refractivity contribution in [2.24, 2.45) is 7.05 Å². The lowest BCUT2D eigenvalue weighted by atomic mass is 9.93. The van der Waals surface area contributed by atoms with Gasteiger partial charge in [0.05, 0.1) is 11.9 Å². The molecule has 0 unspecified atom stereocenters. The summed E-state index contributed by atoms with van der Waals surface area (Å²) in [5.74, 6) is 0.613. The minimum Gasteiger partial charge on any atom is -0.368 e. The van der Waals surface area contributed by atoms with Gasteiger partial charge in [0.2, 0.25) is 0 Å². The molecule has 8 nitrogen and oxygen atoms in total. The van der Waals surface area contributed by atoms with Crippen LogP contribution in [-0.2, 0) is 7.05 Å². The minimum atomic E-state index is -0.143. The van der Waals surface area contributed by atoms with E-state index in [4.69, 9.17) is 0 Å². The number of pyridine rings is 4. The van der Waals surface area contributed by atoms with Crippen LogP contribution in [-0.4, -0.2) is 52.1 Å². The van der Waals surface area contributed by atoms with E-state index >= 15 is 0 Å². The van der Waals surface area contributed by atoms with Gasteiger partial charge in [0.25, 0.3) is 11.1 Å². The number of nitrogens with zero attached hydrogens (tertiary/aromatic N) is 5. The van der Waals surface area contributed by atoms with E-state index in [9.17, 15) is 9.59 Å². The molecule has 0 bridgehead atoms. The predicted octanol–water partition coefficient (Wildman–Crippen LogP) is 4.84. The third-order valence-corrected chi connectivity index (χ3v) is 8.01. The van der Waals surface area contributed by atoms with Gasteiger partial charge in [-0.15, -0.1) is 0 Å². The Hall–Kier alpha value is -4.69. The van der Waals surface area contributed by atoms with Crippen LogP contribution < -0.4 is 21.3 Å². The molecule has 8 heteroatoms. The number of rotatable bonds is 5. The monoisotopic (exact) mass is 546 g/mol. The van der Waals surface area contributed by atoms with Crippen molar-refractivity contribution in [3.05, 3.63) is 111 Å². The molecule has 41 heavy (non-hydrogen) atoms. The summed E-state index contributed by atoms with van der Waals surface area (Å²) in [6, 6.07) is 19.6. The number of aryl methyl sites for hydroxylation is 2. The highest BCUT2D eigenvalue weighted by molar-refractivity contribution is 5.80. The number of anilines is 3. The van der Waals surface area contributed by atoms with Crippen LogP contribution >= 0.6 is 0 Å². The third-order valence-electron chi connectivity index (χ3n) is 8.01. The summed E-state index contributed by atoms with van der Waals surface area (Å²) in [5.41, 5.74) is 7.59. The van der Waals surface area contributed by atoms with Crippen molar-refractivity contribution in [1.82, 2.24) is 18.9 Å². The fraction of sp³-hybridized carbons (Fsp3) is 0.242. The predicted molar refractivity (Wildman–Crippen MR) is 166 cm³/mol. The van der Waals surface area contributed by atoms with Crippen molar-refractivity contribution in [1.29, 1.82) is 0 Å². The molecule has 5 aromatic rings. The van der Waals surface area contributed by atoms with Crippen LogP contribution in [0, 0.1) is 13.8 Å². The Balaban J connectivity index is 1.33. The summed E-state index contributed by atoms with van der Waals surface area (Å²) in [5, 5.41) is 3.24. The molecule has 1 aromatic carbocycles. The molecule has 4 aromatic heterocycles. The van der Waals surface area contributed by atoms with Crippen LogP contribution in [0.5, 0.6) is 0 Å². The van der Waals surface area contributed by atoms with Gasteiger partial charge in [-0.25, -0.2) is 4.98 Å². The number of benzene rings is 1. The number of likely N-dealkylation sites (N-methyl/N-ethyl adjacent to an activating group) is 1. The van der Waals surface area contributed by atoms with E-state index < -0.39 is 0 Å². The van der Waals surface area contributed by atoms with E-state index in [1.807, 2.05) is 93.1 Å². The van der Waals surface area contributed by atoms with Crippen LogP contribution in [0.25, 0.3) is 27.8 Å². The van der Waals surface area contributed by atoms with Crippen LogP contribution in [0.1, 0.15) is 11.1 Å². The van der Waals surface area contributed by atoms with Crippen molar-refractivity contribution in [2.75, 3.05) is 43.4 Å². The van der Waals surface area contributed by atoms with Crippen molar-refractivity contribution in [3.63, 3.8) is 0 Å². The number of hydrogen-bond acceptors (Lipinski definition) is 6. The summed E-state index contributed by atoms with van der Waals surface area (Å²) < 4.78 is 3.26. The number of hydrogen-bond donors (Lipinski definition) is 1. The number of piperazine rings is 1. The maximum Gasteiger partial charge on any atom is 0.274 e. The van der Waals surface area contributed by atoms with Crippen molar-refractivity contribution >= 4 is 22.7 Å². The summed E-state index contributed by atoms with van der Waals surface area (Å²) >= 11 is 0. The van der Waals surface area contributed by atoms with E-state index in [1.165, 1.54) is 0 Å². The first-order valence-electron chi connectivity index (χ1n) is 13.9. The zero-order valence-corrected chi connectivity index (χ0v) is 23.9. The summed E-state index contributed by atoms with van der Waals surface area (Å²) in [4.78, 5) is 35.8. The Morgan fingerprint density at radius 2 is 1.59 bits per heavy atom. The van der Waals surface area contributed by atoms with Gasteiger partial charge in [0, 0.05) is 62.3 Å². The zero-order chi connectivity index (χ0) is 28.7. The normalized spacial score (nSPS) is 14.0. The van der Waals surface area contributed by atoms with Gasteiger partial charge in [-0.1, -0.05) is 18.2 Å². The van der Waals surface area contributed by atoms with Crippen molar-refractivity contribution in [3.8, 4) is 22.3 Å². The molecular formula is C33H34N6O2. The fourth-order valence-electron chi connectivity index (χ4n) is 5.56. The molecule has 0 radical (unpaired) electrons. The van der Waals surface area contributed by atoms with Crippen molar-refractivity contribution < 1.29 is 0 Å². The largest absolute Gasteiger partial charge is 0.368 e. The molecule has 0 amide bonds. The molecule has 1 fully saturated rings. The van der Waals surface area contributed by atoms with E-state index in [0.29, 0.717) is 17.1 Å². The average Bonchev–Trinajstić information content (AvgIpc) is 2.97. The first-order valence-corrected chi connectivity index (χ1v) is 13.9. The number of aromatic nitrogens is 3. The second-order valence-electron chi connectivity index (χ2n) is 10.9. The molecule has 0 atom stereocenters. The lowest BCUT2D eigenvalue weighted by Gasteiger charge is -2.33. The molecule has 0 spiro atoms. The van der Waals surface area contributed by atoms with Crippen LogP contribution in [0.3, 0.4) is 0 Å². The maximum atomic E-state index is 13.4. The SMILES string of the molecule is Cc1ccn2c(=O)c(-c3cccc(-c4cc(Nc5ccc(N6CCN(C)CC6)cn5)c(=O)n(C)c4)c3C)ccc2c1. The highest BCUT2D eigenvalue weighted by Crippen LogP contribution is 2.31. The van der Waals surface area contributed by atoms with Gasteiger partial charge < -0.3 is 19.7 Å². The van der Waals surface area contributed by atoms with Gasteiger partial charge in [-0.2, -0.15) is 0 Å². The summed E-state index contributed by atoms with van der Waals surface area (Å²) in [6.07, 6.45) is 5.52. The van der Waals surface area contributed by atoms with Crippen LogP contribution in [0.2, 0.25) is 0 Å². The molecule has 1 N–H and O–H groups in total. The molecule has 5 heterocycles. The molecular weight excluding hydrogens is 512 g/mol. The number of fused-ring (bicyclic) bond motifs is 1. The van der Waals surface area contributed by atoms with Crippen LogP contribution in [0.15, 0.2) is 88.8 Å². The Kier molecular flexibility index (Phi) is 6.93. The Bertz CT molecular complexity index is 1860. The van der Waals surface area contributed by atoms with Gasteiger partial charge in [0.15, 0.2) is 0 Å². The van der Waals surface area contributed by atoms with Gasteiger partial charge >= 0.3 is 0 Å². The van der Waals surface area contributed by atoms with Crippen LogP contribution in [0.4, 0.5) is 17.2 Å². The standard InChI is InChI=1S/C33H34N6O2/c1-22-12-13-39-25(18-22)8-10-29(32(39)40)28-7-5-6-27(23(28)2)24-19-30(33(41)37(4)21-24)35-31-11-9-26(20-34-31)38-16-14-36(3)15-17-38/h5-13,18-21H,14-17H2,1-4H3,(H,34,35). The van der Waals surface area contributed by atoms with E-state index in [-0.39, 0.29) is 11.1 Å². The second-order valence-corrected chi connectivity index (χ2v) is 10.9. The number of nitrogens with one attached hydrogen (secondary N) is 1. The zero-order valence-electron chi connectivity index (χ0n) is 23.9. The van der Waals surface area contributed by atoms with E-state index in [0.717, 1.165) is 65.2 Å². The third kappa shape index (κ3) is 5.14. The van der Waals surface area contributed by atoms with Gasteiger partial charge in [0.1, 0.15) is 11.5 Å². The molecule has 6 rings (SSSR count). The smallest absolute Gasteiger partial charge is 0.274 e. The Labute approximate surface area is 239 Å². The Morgan fingerprint density at radius 1 is 0.805 bits per heavy atom. The molecule has 0 aliphatic carbocycles.